The van der Waals surface area contributed by atoms with Crippen LogP contribution in [0.1, 0.15) is 32.6 Å². The van der Waals surface area contributed by atoms with Gasteiger partial charge in [0.1, 0.15) is 5.00 Å². The van der Waals surface area contributed by atoms with Crippen molar-refractivity contribution in [1.82, 2.24) is 4.90 Å². The van der Waals surface area contributed by atoms with Gasteiger partial charge in [0.05, 0.1) is 17.6 Å². The number of methoxy groups -OCH3 is 1. The highest BCUT2D eigenvalue weighted by Gasteiger charge is 2.28. The Hall–Kier alpha value is -2.56. The molecule has 3 rings (SSSR count). The number of carbonyl (C=O) groups is 2. The molecule has 148 valence electrons. The van der Waals surface area contributed by atoms with Crippen molar-refractivity contribution in [3.05, 3.63) is 49.2 Å². The van der Waals surface area contributed by atoms with E-state index in [0.29, 0.717) is 15.4 Å². The number of fused-ring (bicyclic) bond motifs is 1. The van der Waals surface area contributed by atoms with E-state index in [4.69, 9.17) is 4.74 Å². The molecule has 1 aliphatic heterocycles. The lowest BCUT2D eigenvalue weighted by Crippen LogP contribution is -2.29. The summed E-state index contributed by atoms with van der Waals surface area (Å²) >= 11 is 2.37. The van der Waals surface area contributed by atoms with Crippen LogP contribution in [0.5, 0.6) is 0 Å². The first-order valence-corrected chi connectivity index (χ1v) is 10.2. The fourth-order valence-electron chi connectivity index (χ4n) is 2.97. The molecular weight excluding hydrogens is 402 g/mol. The fourth-order valence-corrected chi connectivity index (χ4v) is 4.98. The number of likely N-dealkylation sites (N-methyl/N-ethyl adjacent to an activating group) is 1. The molecule has 1 N–H and O–H groups in total. The Morgan fingerprint density at radius 3 is 2.82 bits per heavy atom. The molecule has 1 aliphatic rings. The standard InChI is InChI=1S/C18H19N3O5S2/c1-3-20-9-8-12-13(10-20)28-17(16(12)18(23)26-2)19-14(22)6-4-11-5-7-15(27-11)21(24)25/h4-7H,3,8-10H2,1-2H3,(H,19,22). The van der Waals surface area contributed by atoms with Gasteiger partial charge >= 0.3 is 11.0 Å². The molecule has 0 saturated heterocycles. The minimum atomic E-state index is -0.472. The van der Waals surface area contributed by atoms with Gasteiger partial charge in [-0.25, -0.2) is 4.79 Å². The van der Waals surface area contributed by atoms with E-state index in [9.17, 15) is 19.7 Å². The van der Waals surface area contributed by atoms with E-state index in [1.54, 1.807) is 6.07 Å². The van der Waals surface area contributed by atoms with Crippen LogP contribution in [0.2, 0.25) is 0 Å². The lowest BCUT2D eigenvalue weighted by atomic mass is 10.0. The first-order valence-electron chi connectivity index (χ1n) is 8.61. The number of rotatable bonds is 6. The largest absolute Gasteiger partial charge is 0.465 e. The lowest BCUT2D eigenvalue weighted by molar-refractivity contribution is -0.380. The summed E-state index contributed by atoms with van der Waals surface area (Å²) in [6.07, 6.45) is 3.54. The van der Waals surface area contributed by atoms with E-state index in [1.807, 2.05) is 0 Å². The summed E-state index contributed by atoms with van der Waals surface area (Å²) in [5.74, 6) is -0.872. The fraction of sp³-hybridized carbons (Fsp3) is 0.333. The van der Waals surface area contributed by atoms with Gasteiger partial charge in [-0.1, -0.05) is 18.3 Å². The number of nitrogens with one attached hydrogen (secondary N) is 1. The zero-order valence-electron chi connectivity index (χ0n) is 15.4. The van der Waals surface area contributed by atoms with Gasteiger partial charge in [0, 0.05) is 35.0 Å². The third kappa shape index (κ3) is 4.29. The van der Waals surface area contributed by atoms with Gasteiger partial charge in [0.25, 0.3) is 0 Å². The molecular formula is C18H19N3O5S2. The second kappa shape index (κ2) is 8.63. The highest BCUT2D eigenvalue weighted by molar-refractivity contribution is 7.17. The third-order valence-electron chi connectivity index (χ3n) is 4.40. The molecule has 28 heavy (non-hydrogen) atoms. The Balaban J connectivity index is 1.79. The number of thiophene rings is 2. The van der Waals surface area contributed by atoms with Crippen LogP contribution in [0.4, 0.5) is 10.0 Å². The van der Waals surface area contributed by atoms with Crippen LogP contribution >= 0.6 is 22.7 Å². The Kier molecular flexibility index (Phi) is 6.22. The monoisotopic (exact) mass is 421 g/mol. The van der Waals surface area contributed by atoms with E-state index < -0.39 is 16.8 Å². The Morgan fingerprint density at radius 1 is 1.39 bits per heavy atom. The SMILES string of the molecule is CCN1CCc2c(sc(NC(=O)C=Cc3ccc([N+](=O)[O-])s3)c2C(=O)OC)C1. The van der Waals surface area contributed by atoms with Gasteiger partial charge in [-0.15, -0.1) is 11.3 Å². The zero-order valence-corrected chi connectivity index (χ0v) is 17.0. The number of hydrogen-bond acceptors (Lipinski definition) is 8. The number of amides is 1. The number of hydrogen-bond donors (Lipinski definition) is 1. The molecule has 0 aromatic carbocycles. The highest BCUT2D eigenvalue weighted by Crippen LogP contribution is 2.37. The Labute approximate surface area is 169 Å². The summed E-state index contributed by atoms with van der Waals surface area (Å²) in [6.45, 7) is 4.60. The maximum Gasteiger partial charge on any atom is 0.341 e. The van der Waals surface area contributed by atoms with Crippen molar-refractivity contribution in [2.24, 2.45) is 0 Å². The van der Waals surface area contributed by atoms with Crippen LogP contribution < -0.4 is 5.32 Å². The topological polar surface area (TPSA) is 102 Å². The van der Waals surface area contributed by atoms with Crippen LogP contribution in [-0.2, 0) is 22.5 Å². The summed E-state index contributed by atoms with van der Waals surface area (Å²) in [6, 6.07) is 2.97. The van der Waals surface area contributed by atoms with Crippen molar-refractivity contribution in [2.75, 3.05) is 25.5 Å². The third-order valence-corrected chi connectivity index (χ3v) is 6.54. The van der Waals surface area contributed by atoms with Gasteiger partial charge in [-0.3, -0.25) is 19.8 Å². The summed E-state index contributed by atoms with van der Waals surface area (Å²) in [5, 5.41) is 14.0. The molecule has 0 radical (unpaired) electrons. The normalized spacial score (nSPS) is 14.1. The van der Waals surface area contributed by atoms with E-state index in [0.717, 1.165) is 47.8 Å². The minimum absolute atomic E-state index is 0.0134. The first kappa shape index (κ1) is 20.2. The molecule has 0 unspecified atom stereocenters. The molecule has 3 heterocycles. The van der Waals surface area contributed by atoms with Crippen molar-refractivity contribution in [1.29, 1.82) is 0 Å². The van der Waals surface area contributed by atoms with Crippen LogP contribution in [0.15, 0.2) is 18.2 Å². The average Bonchev–Trinajstić information content (AvgIpc) is 3.29. The van der Waals surface area contributed by atoms with Gasteiger partial charge in [0.15, 0.2) is 0 Å². The second-order valence-electron chi connectivity index (χ2n) is 6.07. The summed E-state index contributed by atoms with van der Waals surface area (Å²) in [4.78, 5) is 38.8. The molecule has 0 saturated carbocycles. The molecule has 2 aromatic rings. The zero-order chi connectivity index (χ0) is 20.3. The van der Waals surface area contributed by atoms with Crippen LogP contribution in [-0.4, -0.2) is 41.9 Å². The molecule has 0 fully saturated rings. The Bertz CT molecular complexity index is 947. The van der Waals surface area contributed by atoms with Crippen molar-refractivity contribution >= 4 is 50.6 Å². The van der Waals surface area contributed by atoms with E-state index in [2.05, 4.69) is 17.1 Å². The van der Waals surface area contributed by atoms with Crippen molar-refractivity contribution in [3.8, 4) is 0 Å². The molecule has 2 aromatic heterocycles. The van der Waals surface area contributed by atoms with Crippen molar-refractivity contribution < 1.29 is 19.2 Å². The van der Waals surface area contributed by atoms with E-state index in [-0.39, 0.29) is 5.00 Å². The smallest absolute Gasteiger partial charge is 0.341 e. The highest BCUT2D eigenvalue weighted by atomic mass is 32.1. The number of nitrogens with zero attached hydrogens (tertiary/aromatic N) is 2. The number of nitro groups is 1. The molecule has 0 atom stereocenters. The second-order valence-corrected chi connectivity index (χ2v) is 8.27. The quantitative estimate of drug-likeness (QED) is 0.331. The molecule has 0 spiro atoms. The molecule has 10 heteroatoms. The average molecular weight is 422 g/mol. The summed E-state index contributed by atoms with van der Waals surface area (Å²) in [7, 11) is 1.32. The predicted octanol–water partition coefficient (Wildman–Crippen LogP) is 3.53. The molecule has 0 bridgehead atoms. The number of ether oxygens (including phenoxy) is 1. The van der Waals surface area contributed by atoms with Crippen LogP contribution in [0.25, 0.3) is 6.08 Å². The summed E-state index contributed by atoms with van der Waals surface area (Å²) in [5.41, 5.74) is 1.36. The van der Waals surface area contributed by atoms with Gasteiger partial charge in [-0.05, 0) is 30.7 Å². The van der Waals surface area contributed by atoms with Crippen molar-refractivity contribution in [3.63, 3.8) is 0 Å². The molecule has 8 nitrogen and oxygen atoms in total. The van der Waals surface area contributed by atoms with Gasteiger partial charge in [0.2, 0.25) is 5.91 Å². The van der Waals surface area contributed by atoms with Gasteiger partial charge < -0.3 is 10.1 Å². The maximum atomic E-state index is 12.3. The lowest BCUT2D eigenvalue weighted by Gasteiger charge is -2.25. The predicted molar refractivity (Wildman–Crippen MR) is 109 cm³/mol. The maximum absolute atomic E-state index is 12.3. The van der Waals surface area contributed by atoms with E-state index >= 15 is 0 Å². The molecule has 1 amide bonds. The number of carbonyl (C=O) groups excluding carboxylic acids is 2. The molecule has 0 aliphatic carbocycles. The van der Waals surface area contributed by atoms with E-state index in [1.165, 1.54) is 36.7 Å². The first-order chi connectivity index (χ1) is 13.4. The minimum Gasteiger partial charge on any atom is -0.465 e. The number of anilines is 1. The van der Waals surface area contributed by atoms with Crippen LogP contribution in [0.3, 0.4) is 0 Å². The number of esters is 1. The Morgan fingerprint density at radius 2 is 2.18 bits per heavy atom. The van der Waals surface area contributed by atoms with Crippen LogP contribution in [0, 0.1) is 10.1 Å². The van der Waals surface area contributed by atoms with Gasteiger partial charge in [-0.2, -0.15) is 0 Å². The summed E-state index contributed by atoms with van der Waals surface area (Å²) < 4.78 is 4.91. The van der Waals surface area contributed by atoms with Crippen molar-refractivity contribution in [2.45, 2.75) is 19.9 Å².